The van der Waals surface area contributed by atoms with Crippen LogP contribution in [0.25, 0.3) is 0 Å². The van der Waals surface area contributed by atoms with Gasteiger partial charge >= 0.3 is 0 Å². The van der Waals surface area contributed by atoms with Crippen LogP contribution >= 0.6 is 31.9 Å². The van der Waals surface area contributed by atoms with Gasteiger partial charge in [0.15, 0.2) is 0 Å². The fourth-order valence-corrected chi connectivity index (χ4v) is 5.19. The second-order valence-electron chi connectivity index (χ2n) is 7.96. The quantitative estimate of drug-likeness (QED) is 0.628. The van der Waals surface area contributed by atoms with Gasteiger partial charge in [0.1, 0.15) is 0 Å². The number of fused-ring (bicyclic) bond motifs is 4. The molecule has 6 rings (SSSR count). The predicted molar refractivity (Wildman–Crippen MR) is 116 cm³/mol. The largest absolute Gasteiger partial charge is 0.367 e. The topological polar surface area (TPSA) is 42.5 Å². The molecule has 4 heterocycles. The van der Waals surface area contributed by atoms with Crippen LogP contribution < -0.4 is 10.6 Å². The Hall–Kier alpha value is -0.760. The van der Waals surface area contributed by atoms with Crippen LogP contribution in [0, 0.1) is 0 Å². The second kappa shape index (κ2) is 8.17. The number of hydrogen-bond donors (Lipinski definition) is 2. The Labute approximate surface area is 182 Å². The lowest BCUT2D eigenvalue weighted by Crippen LogP contribution is -2.33. The zero-order valence-corrected chi connectivity index (χ0v) is 18.7. The van der Waals surface area contributed by atoms with Crippen molar-refractivity contribution in [1.29, 1.82) is 0 Å². The van der Waals surface area contributed by atoms with Gasteiger partial charge in [-0.05, 0) is 48.2 Å². The SMILES string of the molecule is Brc1ccc([C@@H]2O[C@H]3CN[C@@H]2C3)cc1.Brc1ccc([C@H]2O[C@@H]3CN[C@H]2C3)cc1. The Kier molecular flexibility index (Phi) is 5.61. The lowest BCUT2D eigenvalue weighted by molar-refractivity contribution is 0.0159. The van der Waals surface area contributed by atoms with E-state index in [4.69, 9.17) is 9.47 Å². The van der Waals surface area contributed by atoms with Crippen LogP contribution in [-0.4, -0.2) is 37.4 Å². The number of benzene rings is 2. The minimum Gasteiger partial charge on any atom is -0.367 e. The molecule has 4 saturated heterocycles. The minimum atomic E-state index is 0.266. The summed E-state index contributed by atoms with van der Waals surface area (Å²) in [7, 11) is 0. The molecule has 6 atom stereocenters. The van der Waals surface area contributed by atoms with Crippen LogP contribution in [-0.2, 0) is 9.47 Å². The lowest BCUT2D eigenvalue weighted by atomic mass is 10.0. The second-order valence-corrected chi connectivity index (χ2v) is 9.79. The van der Waals surface area contributed by atoms with Crippen molar-refractivity contribution in [2.45, 2.75) is 49.3 Å². The van der Waals surface area contributed by atoms with Crippen molar-refractivity contribution in [2.75, 3.05) is 13.1 Å². The summed E-state index contributed by atoms with van der Waals surface area (Å²) in [4.78, 5) is 0. The van der Waals surface area contributed by atoms with Crippen molar-refractivity contribution in [3.8, 4) is 0 Å². The summed E-state index contributed by atoms with van der Waals surface area (Å²) >= 11 is 6.88. The molecule has 2 aromatic rings. The standard InChI is InChI=1S/2C11H12BrNO/c2*12-8-3-1-7(2-4-8)11-10-5-9(14-11)6-13-10/h2*1-4,9-11,13H,5-6H2/t2*9-,10-,11+/m10/s1. The Morgan fingerprint density at radius 1 is 0.643 bits per heavy atom. The highest BCUT2D eigenvalue weighted by molar-refractivity contribution is 9.10. The molecule has 2 N–H and O–H groups in total. The van der Waals surface area contributed by atoms with Crippen molar-refractivity contribution in [3.05, 3.63) is 68.6 Å². The van der Waals surface area contributed by atoms with Crippen molar-refractivity contribution in [3.63, 3.8) is 0 Å². The van der Waals surface area contributed by atoms with E-state index in [-0.39, 0.29) is 12.2 Å². The maximum absolute atomic E-state index is 5.91. The Balaban J connectivity index is 0.000000122. The molecule has 6 heteroatoms. The molecular weight excluding hydrogens is 484 g/mol. The van der Waals surface area contributed by atoms with Gasteiger partial charge in [0.2, 0.25) is 0 Å². The van der Waals surface area contributed by atoms with Gasteiger partial charge in [0.25, 0.3) is 0 Å². The maximum atomic E-state index is 5.91. The van der Waals surface area contributed by atoms with Gasteiger partial charge in [-0.15, -0.1) is 0 Å². The van der Waals surface area contributed by atoms with Crippen molar-refractivity contribution < 1.29 is 9.47 Å². The minimum absolute atomic E-state index is 0.266. The van der Waals surface area contributed by atoms with Crippen molar-refractivity contribution in [2.24, 2.45) is 0 Å². The smallest absolute Gasteiger partial charge is 0.0983 e. The summed E-state index contributed by atoms with van der Waals surface area (Å²) in [5.41, 5.74) is 2.57. The molecule has 148 valence electrons. The van der Waals surface area contributed by atoms with Crippen LogP contribution in [0.4, 0.5) is 0 Å². The van der Waals surface area contributed by atoms with Gasteiger partial charge in [-0.25, -0.2) is 0 Å². The molecule has 0 unspecified atom stereocenters. The van der Waals surface area contributed by atoms with Gasteiger partial charge < -0.3 is 20.1 Å². The van der Waals surface area contributed by atoms with E-state index in [0.717, 1.165) is 22.0 Å². The predicted octanol–water partition coefficient (Wildman–Crippen LogP) is 4.50. The fourth-order valence-electron chi connectivity index (χ4n) is 4.67. The van der Waals surface area contributed by atoms with Crippen LogP contribution in [0.2, 0.25) is 0 Å². The summed E-state index contributed by atoms with van der Waals surface area (Å²) in [5, 5.41) is 6.96. The van der Waals surface area contributed by atoms with Crippen LogP contribution in [0.1, 0.15) is 36.2 Å². The maximum Gasteiger partial charge on any atom is 0.0983 e. The number of morpholine rings is 2. The summed E-state index contributed by atoms with van der Waals surface area (Å²) in [5.74, 6) is 0. The Morgan fingerprint density at radius 3 is 1.32 bits per heavy atom. The highest BCUT2D eigenvalue weighted by atomic mass is 79.9. The van der Waals surface area contributed by atoms with E-state index in [1.807, 2.05) is 0 Å². The van der Waals surface area contributed by atoms with Gasteiger partial charge in [0.05, 0.1) is 24.4 Å². The fraction of sp³-hybridized carbons (Fsp3) is 0.455. The van der Waals surface area contributed by atoms with E-state index in [0.29, 0.717) is 24.3 Å². The molecule has 4 fully saturated rings. The summed E-state index contributed by atoms with van der Waals surface area (Å²) in [6, 6.07) is 17.9. The summed E-state index contributed by atoms with van der Waals surface area (Å²) < 4.78 is 14.1. The van der Waals surface area contributed by atoms with Crippen molar-refractivity contribution in [1.82, 2.24) is 10.6 Å². The molecule has 2 aromatic carbocycles. The third kappa shape index (κ3) is 3.95. The van der Waals surface area contributed by atoms with Gasteiger partial charge in [-0.2, -0.15) is 0 Å². The van der Waals surface area contributed by atoms with Gasteiger partial charge in [-0.1, -0.05) is 56.1 Å². The highest BCUT2D eigenvalue weighted by Crippen LogP contribution is 2.38. The zero-order valence-electron chi connectivity index (χ0n) is 15.5. The summed E-state index contributed by atoms with van der Waals surface area (Å²) in [6.07, 6.45) is 3.74. The molecule has 0 saturated carbocycles. The Bertz CT molecular complexity index is 745. The molecule has 0 aliphatic carbocycles. The number of nitrogens with one attached hydrogen (secondary N) is 2. The normalized spacial score (nSPS) is 35.1. The van der Waals surface area contributed by atoms with E-state index in [2.05, 4.69) is 91.0 Å². The third-order valence-electron chi connectivity index (χ3n) is 6.06. The first kappa shape index (κ1) is 19.2. The first-order chi connectivity index (χ1) is 13.7. The lowest BCUT2D eigenvalue weighted by Gasteiger charge is -2.23. The van der Waals surface area contributed by atoms with E-state index in [1.54, 1.807) is 0 Å². The molecule has 4 aliphatic heterocycles. The van der Waals surface area contributed by atoms with E-state index >= 15 is 0 Å². The molecule has 0 spiro atoms. The molecule has 28 heavy (non-hydrogen) atoms. The number of hydrogen-bond acceptors (Lipinski definition) is 4. The highest BCUT2D eigenvalue weighted by Gasteiger charge is 2.41. The van der Waals surface area contributed by atoms with E-state index < -0.39 is 0 Å². The van der Waals surface area contributed by atoms with Crippen molar-refractivity contribution >= 4 is 31.9 Å². The van der Waals surface area contributed by atoms with Crippen LogP contribution in [0.5, 0.6) is 0 Å². The van der Waals surface area contributed by atoms with Crippen LogP contribution in [0.15, 0.2) is 57.5 Å². The monoisotopic (exact) mass is 506 g/mol. The van der Waals surface area contributed by atoms with E-state index in [9.17, 15) is 0 Å². The average Bonchev–Trinajstić information content (AvgIpc) is 3.51. The molecule has 4 bridgehead atoms. The Morgan fingerprint density at radius 2 is 1.04 bits per heavy atom. The molecule has 0 amide bonds. The molecular formula is C22H24Br2N2O2. The molecule has 4 nitrogen and oxygen atoms in total. The van der Waals surface area contributed by atoms with Crippen LogP contribution in [0.3, 0.4) is 0 Å². The molecule has 4 aliphatic rings. The number of ether oxygens (including phenoxy) is 2. The van der Waals surface area contributed by atoms with E-state index in [1.165, 1.54) is 24.0 Å². The summed E-state index contributed by atoms with van der Waals surface area (Å²) in [6.45, 7) is 2.05. The molecule has 0 aromatic heterocycles. The first-order valence-electron chi connectivity index (χ1n) is 9.94. The zero-order chi connectivity index (χ0) is 19.1. The molecule has 0 radical (unpaired) electrons. The number of halogens is 2. The van der Waals surface area contributed by atoms with Gasteiger partial charge in [0, 0.05) is 34.1 Å². The first-order valence-corrected chi connectivity index (χ1v) is 11.5. The van der Waals surface area contributed by atoms with Gasteiger partial charge in [-0.3, -0.25) is 0 Å². The third-order valence-corrected chi connectivity index (χ3v) is 7.11. The average molecular weight is 508 g/mol. The number of rotatable bonds is 2.